The minimum absolute atomic E-state index is 0.557. The fourth-order valence-corrected chi connectivity index (χ4v) is 2.23. The van der Waals surface area contributed by atoms with Gasteiger partial charge >= 0.3 is 0 Å². The van der Waals surface area contributed by atoms with Crippen LogP contribution in [-0.2, 0) is 5.54 Å². The molecule has 1 aliphatic heterocycles. The van der Waals surface area contributed by atoms with Gasteiger partial charge in [-0.2, -0.15) is 5.26 Å². The maximum atomic E-state index is 9.22. The largest absolute Gasteiger partial charge is 0.296 e. The zero-order valence-corrected chi connectivity index (χ0v) is 8.51. The molecule has 1 heterocycles. The SMILES string of the molecule is N#CC1(c2ccccc2Cl)CCCN1. The minimum atomic E-state index is -0.557. The zero-order valence-electron chi connectivity index (χ0n) is 7.76. The Morgan fingerprint density at radius 1 is 1.43 bits per heavy atom. The summed E-state index contributed by atoms with van der Waals surface area (Å²) in [5.41, 5.74) is 0.347. The Bertz CT molecular complexity index is 375. The topological polar surface area (TPSA) is 35.8 Å². The number of nitrogens with one attached hydrogen (secondary N) is 1. The molecule has 14 heavy (non-hydrogen) atoms. The van der Waals surface area contributed by atoms with E-state index in [1.165, 1.54) is 0 Å². The molecule has 1 aromatic carbocycles. The van der Waals surface area contributed by atoms with Gasteiger partial charge in [-0.3, -0.25) is 5.32 Å². The van der Waals surface area contributed by atoms with E-state index in [2.05, 4.69) is 11.4 Å². The summed E-state index contributed by atoms with van der Waals surface area (Å²) < 4.78 is 0. The molecule has 1 unspecified atom stereocenters. The molecular formula is C11H11ClN2. The Morgan fingerprint density at radius 2 is 2.21 bits per heavy atom. The number of rotatable bonds is 1. The monoisotopic (exact) mass is 206 g/mol. The standard InChI is InChI=1S/C11H11ClN2/c12-10-5-2-1-4-9(10)11(8-13)6-3-7-14-11/h1-2,4-5,14H,3,6-7H2. The Hall–Kier alpha value is -1.04. The fraction of sp³-hybridized carbons (Fsp3) is 0.364. The van der Waals surface area contributed by atoms with Crippen LogP contribution in [0.2, 0.25) is 5.02 Å². The van der Waals surface area contributed by atoms with Crippen molar-refractivity contribution in [1.29, 1.82) is 5.26 Å². The number of hydrogen-bond donors (Lipinski definition) is 1. The quantitative estimate of drug-likeness (QED) is 0.766. The highest BCUT2D eigenvalue weighted by atomic mass is 35.5. The van der Waals surface area contributed by atoms with Gasteiger partial charge in [-0.25, -0.2) is 0 Å². The Morgan fingerprint density at radius 3 is 2.79 bits per heavy atom. The molecule has 0 aromatic heterocycles. The van der Waals surface area contributed by atoms with E-state index in [4.69, 9.17) is 11.6 Å². The van der Waals surface area contributed by atoms with Crippen molar-refractivity contribution < 1.29 is 0 Å². The molecule has 72 valence electrons. The molecule has 1 fully saturated rings. The normalized spacial score (nSPS) is 26.0. The van der Waals surface area contributed by atoms with Crippen LogP contribution in [0.25, 0.3) is 0 Å². The van der Waals surface area contributed by atoms with Crippen molar-refractivity contribution in [2.24, 2.45) is 0 Å². The lowest BCUT2D eigenvalue weighted by Gasteiger charge is -2.22. The van der Waals surface area contributed by atoms with Gasteiger partial charge < -0.3 is 0 Å². The van der Waals surface area contributed by atoms with Crippen LogP contribution >= 0.6 is 11.6 Å². The van der Waals surface area contributed by atoms with Crippen LogP contribution < -0.4 is 5.32 Å². The summed E-state index contributed by atoms with van der Waals surface area (Å²) in [5, 5.41) is 13.1. The van der Waals surface area contributed by atoms with E-state index in [1.807, 2.05) is 24.3 Å². The van der Waals surface area contributed by atoms with E-state index in [0.29, 0.717) is 5.02 Å². The summed E-state index contributed by atoms with van der Waals surface area (Å²) in [7, 11) is 0. The van der Waals surface area contributed by atoms with E-state index in [9.17, 15) is 5.26 Å². The average Bonchev–Trinajstić information content (AvgIpc) is 2.68. The van der Waals surface area contributed by atoms with Crippen molar-refractivity contribution in [3.8, 4) is 6.07 Å². The van der Waals surface area contributed by atoms with Crippen molar-refractivity contribution in [3.05, 3.63) is 34.9 Å². The molecule has 0 spiro atoms. The average molecular weight is 207 g/mol. The number of hydrogen-bond acceptors (Lipinski definition) is 2. The molecule has 2 nitrogen and oxygen atoms in total. The second-order valence-corrected chi connectivity index (χ2v) is 3.93. The number of nitrogens with zero attached hydrogens (tertiary/aromatic N) is 1. The van der Waals surface area contributed by atoms with Crippen LogP contribution in [-0.4, -0.2) is 6.54 Å². The Kier molecular flexibility index (Phi) is 2.45. The third kappa shape index (κ3) is 1.39. The third-order valence-electron chi connectivity index (χ3n) is 2.68. The molecule has 1 atom stereocenters. The predicted octanol–water partition coefficient (Wildman–Crippen LogP) is 2.44. The van der Waals surface area contributed by atoms with Crippen molar-refractivity contribution in [3.63, 3.8) is 0 Å². The first-order valence-electron chi connectivity index (χ1n) is 4.70. The second kappa shape index (κ2) is 3.61. The third-order valence-corrected chi connectivity index (χ3v) is 3.01. The van der Waals surface area contributed by atoms with Crippen LogP contribution in [0.1, 0.15) is 18.4 Å². The molecule has 1 saturated heterocycles. The van der Waals surface area contributed by atoms with Gasteiger partial charge in [0.25, 0.3) is 0 Å². The maximum Gasteiger partial charge on any atom is 0.133 e. The van der Waals surface area contributed by atoms with Crippen molar-refractivity contribution >= 4 is 11.6 Å². The lowest BCUT2D eigenvalue weighted by Crippen LogP contribution is -2.35. The molecule has 0 aliphatic carbocycles. The van der Waals surface area contributed by atoms with Crippen LogP contribution in [0.3, 0.4) is 0 Å². The Labute approximate surface area is 88.5 Å². The molecule has 1 N–H and O–H groups in total. The molecule has 0 bridgehead atoms. The summed E-state index contributed by atoms with van der Waals surface area (Å²) in [6.07, 6.45) is 1.87. The van der Waals surface area contributed by atoms with E-state index >= 15 is 0 Å². The van der Waals surface area contributed by atoms with Gasteiger partial charge in [0.2, 0.25) is 0 Å². The van der Waals surface area contributed by atoms with Crippen molar-refractivity contribution in [2.45, 2.75) is 18.4 Å². The zero-order chi connectivity index (χ0) is 10.0. The summed E-state index contributed by atoms with van der Waals surface area (Å²) in [6, 6.07) is 9.89. The molecule has 0 amide bonds. The highest BCUT2D eigenvalue weighted by molar-refractivity contribution is 6.31. The number of benzene rings is 1. The first-order chi connectivity index (χ1) is 6.78. The molecule has 1 aliphatic rings. The predicted molar refractivity (Wildman–Crippen MR) is 56.0 cm³/mol. The van der Waals surface area contributed by atoms with Crippen molar-refractivity contribution in [1.82, 2.24) is 5.32 Å². The lowest BCUT2D eigenvalue weighted by atomic mass is 9.90. The van der Waals surface area contributed by atoms with E-state index in [-0.39, 0.29) is 0 Å². The van der Waals surface area contributed by atoms with Gasteiger partial charge in [-0.1, -0.05) is 29.8 Å². The van der Waals surface area contributed by atoms with Crippen LogP contribution in [0.15, 0.2) is 24.3 Å². The summed E-state index contributed by atoms with van der Waals surface area (Å²) in [5.74, 6) is 0. The van der Waals surface area contributed by atoms with E-state index < -0.39 is 5.54 Å². The first-order valence-corrected chi connectivity index (χ1v) is 5.08. The van der Waals surface area contributed by atoms with Crippen LogP contribution in [0.4, 0.5) is 0 Å². The minimum Gasteiger partial charge on any atom is -0.296 e. The van der Waals surface area contributed by atoms with Crippen LogP contribution in [0, 0.1) is 11.3 Å². The highest BCUT2D eigenvalue weighted by Crippen LogP contribution is 2.34. The van der Waals surface area contributed by atoms with E-state index in [1.54, 1.807) is 0 Å². The summed E-state index contributed by atoms with van der Waals surface area (Å²) >= 11 is 6.08. The van der Waals surface area contributed by atoms with Crippen molar-refractivity contribution in [2.75, 3.05) is 6.54 Å². The lowest BCUT2D eigenvalue weighted by molar-refractivity contribution is 0.510. The van der Waals surface area contributed by atoms with Gasteiger partial charge in [0, 0.05) is 10.6 Å². The molecule has 0 radical (unpaired) electrons. The number of nitriles is 1. The van der Waals surface area contributed by atoms with Gasteiger partial charge in [0.15, 0.2) is 0 Å². The molecule has 0 saturated carbocycles. The fourth-order valence-electron chi connectivity index (χ4n) is 1.94. The summed E-state index contributed by atoms with van der Waals surface area (Å²) in [4.78, 5) is 0. The molecule has 2 rings (SSSR count). The highest BCUT2D eigenvalue weighted by Gasteiger charge is 2.36. The second-order valence-electron chi connectivity index (χ2n) is 3.53. The van der Waals surface area contributed by atoms with E-state index in [0.717, 1.165) is 24.9 Å². The first kappa shape index (κ1) is 9.51. The molecular weight excluding hydrogens is 196 g/mol. The molecule has 1 aromatic rings. The van der Waals surface area contributed by atoms with Gasteiger partial charge in [0.1, 0.15) is 5.54 Å². The van der Waals surface area contributed by atoms with Gasteiger partial charge in [0.05, 0.1) is 6.07 Å². The number of halogens is 1. The maximum absolute atomic E-state index is 9.22. The summed E-state index contributed by atoms with van der Waals surface area (Å²) in [6.45, 7) is 0.888. The van der Waals surface area contributed by atoms with Gasteiger partial charge in [-0.05, 0) is 25.5 Å². The molecule has 3 heteroatoms. The van der Waals surface area contributed by atoms with Gasteiger partial charge in [-0.15, -0.1) is 0 Å². The Balaban J connectivity index is 2.47. The smallest absolute Gasteiger partial charge is 0.133 e. The van der Waals surface area contributed by atoms with Crippen LogP contribution in [0.5, 0.6) is 0 Å².